The van der Waals surface area contributed by atoms with Gasteiger partial charge in [-0.25, -0.2) is 0 Å². The van der Waals surface area contributed by atoms with Crippen LogP contribution < -0.4 is 4.90 Å². The molecule has 0 aliphatic heterocycles. The van der Waals surface area contributed by atoms with Crippen molar-refractivity contribution in [3.63, 3.8) is 0 Å². The average Bonchev–Trinajstić information content (AvgIpc) is 2.49. The van der Waals surface area contributed by atoms with E-state index in [2.05, 4.69) is 0 Å². The molecular weight excluding hydrogens is 315 g/mol. The lowest BCUT2D eigenvalue weighted by atomic mass is 10.2. The second-order valence-corrected chi connectivity index (χ2v) is 4.77. The standard InChI is InChI=1S/C14H10Cl2N2O3/c15-9-14(19)17(10-4-2-1-3-5-10)13-7-6-11(18(20)21)8-12(13)16/h1-8H,9H2. The summed E-state index contributed by atoms with van der Waals surface area (Å²) >= 11 is 11.7. The topological polar surface area (TPSA) is 63.5 Å². The Morgan fingerprint density at radius 2 is 1.86 bits per heavy atom. The molecule has 0 heterocycles. The largest absolute Gasteiger partial charge is 0.279 e. The zero-order chi connectivity index (χ0) is 15.4. The number of amides is 1. The average molecular weight is 325 g/mol. The third-order valence-electron chi connectivity index (χ3n) is 2.76. The molecule has 0 aromatic heterocycles. The minimum atomic E-state index is -0.550. The lowest BCUT2D eigenvalue weighted by molar-refractivity contribution is -0.384. The summed E-state index contributed by atoms with van der Waals surface area (Å²) in [5.74, 6) is -0.610. The van der Waals surface area contributed by atoms with Crippen LogP contribution in [0.2, 0.25) is 5.02 Å². The van der Waals surface area contributed by atoms with Gasteiger partial charge in [0.05, 0.1) is 15.6 Å². The summed E-state index contributed by atoms with van der Waals surface area (Å²) < 4.78 is 0. The van der Waals surface area contributed by atoms with Crippen LogP contribution in [-0.4, -0.2) is 16.7 Å². The Morgan fingerprint density at radius 3 is 2.38 bits per heavy atom. The van der Waals surface area contributed by atoms with E-state index in [1.807, 2.05) is 6.07 Å². The summed E-state index contributed by atoms with van der Waals surface area (Å²) in [5.41, 5.74) is 0.785. The van der Waals surface area contributed by atoms with Gasteiger partial charge < -0.3 is 0 Å². The van der Waals surface area contributed by atoms with Crippen molar-refractivity contribution < 1.29 is 9.72 Å². The number of nitro benzene ring substituents is 1. The first-order valence-corrected chi connectivity index (χ1v) is 6.83. The fourth-order valence-electron chi connectivity index (χ4n) is 1.84. The van der Waals surface area contributed by atoms with Gasteiger partial charge in [-0.05, 0) is 18.2 Å². The maximum atomic E-state index is 12.1. The number of halogens is 2. The van der Waals surface area contributed by atoms with Crippen LogP contribution in [0.15, 0.2) is 48.5 Å². The molecule has 7 heteroatoms. The molecule has 0 aliphatic rings. The smallest absolute Gasteiger partial charge is 0.271 e. The number of nitrogens with zero attached hydrogens (tertiary/aromatic N) is 2. The summed E-state index contributed by atoms with van der Waals surface area (Å²) in [6.07, 6.45) is 0. The molecule has 0 aliphatic carbocycles. The highest BCUT2D eigenvalue weighted by atomic mass is 35.5. The van der Waals surface area contributed by atoms with Crippen molar-refractivity contribution >= 4 is 46.2 Å². The predicted molar refractivity (Wildman–Crippen MR) is 82.4 cm³/mol. The second kappa shape index (κ2) is 6.56. The number of nitro groups is 1. The zero-order valence-electron chi connectivity index (χ0n) is 10.7. The lowest BCUT2D eigenvalue weighted by Crippen LogP contribution is -2.27. The molecule has 1 amide bonds. The molecular formula is C14H10Cl2N2O3. The molecule has 2 aromatic rings. The van der Waals surface area contributed by atoms with Crippen molar-refractivity contribution in [2.75, 3.05) is 10.8 Å². The summed E-state index contributed by atoms with van der Waals surface area (Å²) in [5, 5.41) is 10.8. The quantitative estimate of drug-likeness (QED) is 0.482. The van der Waals surface area contributed by atoms with Gasteiger partial charge in [0, 0.05) is 17.8 Å². The van der Waals surface area contributed by atoms with E-state index in [0.29, 0.717) is 11.4 Å². The Kier molecular flexibility index (Phi) is 4.77. The number of carbonyl (C=O) groups is 1. The van der Waals surface area contributed by atoms with Crippen molar-refractivity contribution in [2.45, 2.75) is 0 Å². The van der Waals surface area contributed by atoms with E-state index in [1.165, 1.54) is 23.1 Å². The van der Waals surface area contributed by atoms with Gasteiger partial charge in [0.15, 0.2) is 0 Å². The van der Waals surface area contributed by atoms with Gasteiger partial charge in [-0.3, -0.25) is 19.8 Å². The van der Waals surface area contributed by atoms with E-state index >= 15 is 0 Å². The molecule has 0 atom stereocenters. The SMILES string of the molecule is O=C(CCl)N(c1ccccc1)c1ccc([N+](=O)[O-])cc1Cl. The number of carbonyl (C=O) groups excluding carboxylic acids is 1. The molecule has 5 nitrogen and oxygen atoms in total. The van der Waals surface area contributed by atoms with Gasteiger partial charge in [-0.1, -0.05) is 29.8 Å². The minimum absolute atomic E-state index is 0.103. The van der Waals surface area contributed by atoms with Crippen LogP contribution in [0.1, 0.15) is 0 Å². The zero-order valence-corrected chi connectivity index (χ0v) is 12.2. The van der Waals surface area contributed by atoms with Crippen LogP contribution in [0, 0.1) is 10.1 Å². The predicted octanol–water partition coefficient (Wildman–Crippen LogP) is 4.15. The summed E-state index contributed by atoms with van der Waals surface area (Å²) in [6.45, 7) is 0. The fourth-order valence-corrected chi connectivity index (χ4v) is 2.22. The molecule has 0 fully saturated rings. The first kappa shape index (κ1) is 15.3. The molecule has 0 saturated heterocycles. The van der Waals surface area contributed by atoms with Crippen LogP contribution in [-0.2, 0) is 4.79 Å². The van der Waals surface area contributed by atoms with E-state index in [9.17, 15) is 14.9 Å². The van der Waals surface area contributed by atoms with Gasteiger partial charge in [0.25, 0.3) is 5.69 Å². The highest BCUT2D eigenvalue weighted by Crippen LogP contribution is 2.34. The van der Waals surface area contributed by atoms with E-state index < -0.39 is 4.92 Å². The second-order valence-electron chi connectivity index (χ2n) is 4.09. The first-order chi connectivity index (χ1) is 10.0. The van der Waals surface area contributed by atoms with E-state index in [0.717, 1.165) is 0 Å². The number of anilines is 2. The van der Waals surface area contributed by atoms with Crippen molar-refractivity contribution in [3.05, 3.63) is 63.7 Å². The van der Waals surface area contributed by atoms with Gasteiger partial charge >= 0.3 is 0 Å². The Balaban J connectivity index is 2.52. The number of rotatable bonds is 4. The molecule has 0 saturated carbocycles. The Morgan fingerprint density at radius 1 is 1.19 bits per heavy atom. The maximum Gasteiger partial charge on any atom is 0.271 e. The molecule has 108 valence electrons. The van der Waals surface area contributed by atoms with Crippen LogP contribution in [0.3, 0.4) is 0 Å². The summed E-state index contributed by atoms with van der Waals surface area (Å²) in [7, 11) is 0. The number of alkyl halides is 1. The third kappa shape index (κ3) is 3.32. The summed E-state index contributed by atoms with van der Waals surface area (Å²) in [4.78, 5) is 23.6. The molecule has 2 rings (SSSR count). The van der Waals surface area contributed by atoms with E-state index in [-0.39, 0.29) is 22.5 Å². The molecule has 0 N–H and O–H groups in total. The number of non-ortho nitro benzene ring substituents is 1. The van der Waals surface area contributed by atoms with Crippen molar-refractivity contribution in [2.24, 2.45) is 0 Å². The van der Waals surface area contributed by atoms with E-state index in [1.54, 1.807) is 24.3 Å². The van der Waals surface area contributed by atoms with Crippen LogP contribution in [0.4, 0.5) is 17.1 Å². The number of hydrogen-bond acceptors (Lipinski definition) is 3. The molecule has 0 bridgehead atoms. The van der Waals surface area contributed by atoms with Crippen molar-refractivity contribution in [3.8, 4) is 0 Å². The molecule has 0 spiro atoms. The number of benzene rings is 2. The van der Waals surface area contributed by atoms with Gasteiger partial charge in [0.1, 0.15) is 5.88 Å². The van der Waals surface area contributed by atoms with Gasteiger partial charge in [0.2, 0.25) is 5.91 Å². The molecule has 0 unspecified atom stereocenters. The Labute approximate surface area is 130 Å². The summed E-state index contributed by atoms with van der Waals surface area (Å²) in [6, 6.07) is 12.7. The first-order valence-electron chi connectivity index (χ1n) is 5.92. The monoisotopic (exact) mass is 324 g/mol. The Hall–Kier alpha value is -2.11. The van der Waals surface area contributed by atoms with Crippen molar-refractivity contribution in [1.29, 1.82) is 0 Å². The van der Waals surface area contributed by atoms with E-state index in [4.69, 9.17) is 23.2 Å². The highest BCUT2D eigenvalue weighted by molar-refractivity contribution is 6.35. The Bertz CT molecular complexity index is 677. The van der Waals surface area contributed by atoms with Gasteiger partial charge in [-0.2, -0.15) is 0 Å². The third-order valence-corrected chi connectivity index (χ3v) is 3.29. The van der Waals surface area contributed by atoms with Crippen LogP contribution in [0.5, 0.6) is 0 Å². The molecule has 0 radical (unpaired) electrons. The fraction of sp³-hybridized carbons (Fsp3) is 0.0714. The van der Waals surface area contributed by atoms with Crippen LogP contribution >= 0.6 is 23.2 Å². The molecule has 21 heavy (non-hydrogen) atoms. The van der Waals surface area contributed by atoms with Crippen molar-refractivity contribution in [1.82, 2.24) is 0 Å². The highest BCUT2D eigenvalue weighted by Gasteiger charge is 2.21. The normalized spacial score (nSPS) is 10.2. The lowest BCUT2D eigenvalue weighted by Gasteiger charge is -2.23. The number of para-hydroxylation sites is 1. The van der Waals surface area contributed by atoms with Gasteiger partial charge in [-0.15, -0.1) is 11.6 Å². The molecule has 2 aromatic carbocycles. The number of hydrogen-bond donors (Lipinski definition) is 0. The van der Waals surface area contributed by atoms with Crippen LogP contribution in [0.25, 0.3) is 0 Å². The maximum absolute atomic E-state index is 12.1. The minimum Gasteiger partial charge on any atom is -0.279 e.